The number of nitrogens with one attached hydrogen (secondary N) is 1. The molecule has 0 spiro atoms. The summed E-state index contributed by atoms with van der Waals surface area (Å²) in [6, 6.07) is 15.7. The number of benzene rings is 2. The van der Waals surface area contributed by atoms with Gasteiger partial charge in [0.05, 0.1) is 17.5 Å². The maximum Gasteiger partial charge on any atom is 0.224 e. The maximum absolute atomic E-state index is 12.3. The van der Waals surface area contributed by atoms with Crippen molar-refractivity contribution in [3.63, 3.8) is 0 Å². The zero-order chi connectivity index (χ0) is 20.5. The average molecular weight is 412 g/mol. The standard InChI is InChI=1S/C24H30ClN3O/c1-2-3-4-5-10-17-28-22-14-9-8-13-21(22)27-23(28)15-16-26-24(29)18-19-11-6-7-12-20(19)25/h6-9,11-14H,2-5,10,15-18H2,1H3,(H,26,29). The summed E-state index contributed by atoms with van der Waals surface area (Å²) in [4.78, 5) is 17.1. The fraction of sp³-hybridized carbons (Fsp3) is 0.417. The Hall–Kier alpha value is -2.33. The van der Waals surface area contributed by atoms with Crippen molar-refractivity contribution in [2.24, 2.45) is 0 Å². The van der Waals surface area contributed by atoms with E-state index in [9.17, 15) is 4.79 Å². The first-order chi connectivity index (χ1) is 14.2. The van der Waals surface area contributed by atoms with Gasteiger partial charge in [-0.2, -0.15) is 0 Å². The molecular formula is C24H30ClN3O. The van der Waals surface area contributed by atoms with Gasteiger partial charge in [-0.15, -0.1) is 0 Å². The molecule has 0 aliphatic rings. The molecule has 0 fully saturated rings. The smallest absolute Gasteiger partial charge is 0.224 e. The zero-order valence-electron chi connectivity index (χ0n) is 17.2. The van der Waals surface area contributed by atoms with Crippen LogP contribution in [0.3, 0.4) is 0 Å². The molecular weight excluding hydrogens is 382 g/mol. The molecule has 0 radical (unpaired) electrons. The monoisotopic (exact) mass is 411 g/mol. The Morgan fingerprint density at radius 1 is 1.03 bits per heavy atom. The highest BCUT2D eigenvalue weighted by atomic mass is 35.5. The van der Waals surface area contributed by atoms with Gasteiger partial charge in [0.2, 0.25) is 5.91 Å². The van der Waals surface area contributed by atoms with Crippen molar-refractivity contribution in [1.29, 1.82) is 0 Å². The number of nitrogens with zero attached hydrogens (tertiary/aromatic N) is 2. The summed E-state index contributed by atoms with van der Waals surface area (Å²) in [5.74, 6) is 1.03. The molecule has 2 aromatic carbocycles. The Kier molecular flexibility index (Phi) is 8.12. The van der Waals surface area contributed by atoms with Crippen molar-refractivity contribution >= 4 is 28.5 Å². The van der Waals surface area contributed by atoms with E-state index in [0.717, 1.165) is 36.3 Å². The largest absolute Gasteiger partial charge is 0.355 e. The van der Waals surface area contributed by atoms with Crippen LogP contribution < -0.4 is 5.32 Å². The van der Waals surface area contributed by atoms with Gasteiger partial charge in [-0.25, -0.2) is 4.98 Å². The second-order valence-corrected chi connectivity index (χ2v) is 7.86. The number of halogens is 1. The fourth-order valence-corrected chi connectivity index (χ4v) is 3.83. The van der Waals surface area contributed by atoms with Crippen LogP contribution in [0.15, 0.2) is 48.5 Å². The number of aromatic nitrogens is 2. The lowest BCUT2D eigenvalue weighted by molar-refractivity contribution is -0.120. The molecule has 1 amide bonds. The summed E-state index contributed by atoms with van der Waals surface area (Å²) in [7, 11) is 0. The van der Waals surface area contributed by atoms with E-state index in [2.05, 4.69) is 35.0 Å². The van der Waals surface area contributed by atoms with Gasteiger partial charge in [0, 0.05) is 24.5 Å². The SMILES string of the molecule is CCCCCCCn1c(CCNC(=O)Cc2ccccc2Cl)nc2ccccc21. The molecule has 0 unspecified atom stereocenters. The van der Waals surface area contributed by atoms with Crippen molar-refractivity contribution in [2.45, 2.75) is 58.4 Å². The third-order valence-electron chi connectivity index (χ3n) is 5.20. The van der Waals surface area contributed by atoms with Crippen molar-refractivity contribution in [3.8, 4) is 0 Å². The second kappa shape index (κ2) is 11.0. The second-order valence-electron chi connectivity index (χ2n) is 7.45. The number of para-hydroxylation sites is 2. The van der Waals surface area contributed by atoms with E-state index in [0.29, 0.717) is 18.0 Å². The molecule has 0 aliphatic carbocycles. The Bertz CT molecular complexity index is 935. The summed E-state index contributed by atoms with van der Waals surface area (Å²) < 4.78 is 2.32. The lowest BCUT2D eigenvalue weighted by atomic mass is 10.1. The minimum absolute atomic E-state index is 0.0136. The first-order valence-corrected chi connectivity index (χ1v) is 11.0. The van der Waals surface area contributed by atoms with Crippen LogP contribution in [-0.2, 0) is 24.2 Å². The highest BCUT2D eigenvalue weighted by Gasteiger charge is 2.11. The van der Waals surface area contributed by atoms with E-state index in [1.54, 1.807) is 0 Å². The van der Waals surface area contributed by atoms with Crippen LogP contribution in [-0.4, -0.2) is 22.0 Å². The summed E-state index contributed by atoms with van der Waals surface area (Å²) in [5.41, 5.74) is 3.06. The molecule has 0 saturated carbocycles. The summed E-state index contributed by atoms with van der Waals surface area (Å²) in [6.07, 6.45) is 7.27. The lowest BCUT2D eigenvalue weighted by Gasteiger charge is -2.10. The number of fused-ring (bicyclic) bond motifs is 1. The van der Waals surface area contributed by atoms with Crippen LogP contribution in [0.5, 0.6) is 0 Å². The van der Waals surface area contributed by atoms with Crippen molar-refractivity contribution in [2.75, 3.05) is 6.54 Å². The number of hydrogen-bond donors (Lipinski definition) is 1. The molecule has 154 valence electrons. The Morgan fingerprint density at radius 3 is 2.62 bits per heavy atom. The molecule has 0 atom stereocenters. The van der Waals surface area contributed by atoms with E-state index < -0.39 is 0 Å². The molecule has 3 aromatic rings. The van der Waals surface area contributed by atoms with Gasteiger partial charge in [0.1, 0.15) is 5.82 Å². The van der Waals surface area contributed by atoms with Crippen LogP contribution in [0, 0.1) is 0 Å². The first kappa shape index (κ1) is 21.4. The Balaban J connectivity index is 1.58. The number of carbonyl (C=O) groups is 1. The van der Waals surface area contributed by atoms with E-state index in [-0.39, 0.29) is 5.91 Å². The molecule has 1 heterocycles. The molecule has 5 heteroatoms. The molecule has 1 aromatic heterocycles. The topological polar surface area (TPSA) is 46.9 Å². The van der Waals surface area contributed by atoms with Crippen molar-refractivity contribution in [1.82, 2.24) is 14.9 Å². The van der Waals surface area contributed by atoms with Gasteiger partial charge in [-0.1, -0.05) is 74.5 Å². The molecule has 0 aliphatic heterocycles. The quantitative estimate of drug-likeness (QED) is 0.420. The first-order valence-electron chi connectivity index (χ1n) is 10.6. The fourth-order valence-electron chi connectivity index (χ4n) is 3.63. The number of aryl methyl sites for hydroxylation is 1. The van der Waals surface area contributed by atoms with Crippen LogP contribution in [0.1, 0.15) is 50.4 Å². The molecule has 0 saturated heterocycles. The number of carbonyl (C=O) groups excluding carboxylic acids is 1. The van der Waals surface area contributed by atoms with Crippen LogP contribution in [0.4, 0.5) is 0 Å². The van der Waals surface area contributed by atoms with Crippen LogP contribution in [0.25, 0.3) is 11.0 Å². The molecule has 29 heavy (non-hydrogen) atoms. The highest BCUT2D eigenvalue weighted by Crippen LogP contribution is 2.18. The van der Waals surface area contributed by atoms with Gasteiger partial charge in [-0.3, -0.25) is 4.79 Å². The number of unbranched alkanes of at least 4 members (excludes halogenated alkanes) is 4. The third kappa shape index (κ3) is 6.07. The minimum atomic E-state index is -0.0136. The Labute approximate surface area is 178 Å². The summed E-state index contributed by atoms with van der Waals surface area (Å²) in [6.45, 7) is 3.79. The van der Waals surface area contributed by atoms with Gasteiger partial charge in [0.15, 0.2) is 0 Å². The van der Waals surface area contributed by atoms with Crippen LogP contribution in [0.2, 0.25) is 5.02 Å². The van der Waals surface area contributed by atoms with E-state index >= 15 is 0 Å². The van der Waals surface area contributed by atoms with Gasteiger partial charge in [0.25, 0.3) is 0 Å². The number of amides is 1. The normalized spacial score (nSPS) is 11.1. The highest BCUT2D eigenvalue weighted by molar-refractivity contribution is 6.31. The summed E-state index contributed by atoms with van der Waals surface area (Å²) >= 11 is 6.15. The predicted molar refractivity (Wildman–Crippen MR) is 120 cm³/mol. The number of hydrogen-bond acceptors (Lipinski definition) is 2. The van der Waals surface area contributed by atoms with E-state index in [1.807, 2.05) is 30.3 Å². The van der Waals surface area contributed by atoms with Gasteiger partial charge >= 0.3 is 0 Å². The Morgan fingerprint density at radius 2 is 1.79 bits per heavy atom. The molecule has 0 bridgehead atoms. The molecule has 4 nitrogen and oxygen atoms in total. The van der Waals surface area contributed by atoms with E-state index in [4.69, 9.17) is 16.6 Å². The van der Waals surface area contributed by atoms with Crippen LogP contribution >= 0.6 is 11.6 Å². The average Bonchev–Trinajstić information content (AvgIpc) is 3.07. The third-order valence-corrected chi connectivity index (χ3v) is 5.57. The van der Waals surface area contributed by atoms with Crippen molar-refractivity contribution < 1.29 is 4.79 Å². The van der Waals surface area contributed by atoms with E-state index in [1.165, 1.54) is 31.2 Å². The lowest BCUT2D eigenvalue weighted by Crippen LogP contribution is -2.28. The zero-order valence-corrected chi connectivity index (χ0v) is 17.9. The minimum Gasteiger partial charge on any atom is -0.355 e. The molecule has 3 rings (SSSR count). The van der Waals surface area contributed by atoms with Crippen molar-refractivity contribution in [3.05, 3.63) is 64.9 Å². The van der Waals surface area contributed by atoms with Gasteiger partial charge in [-0.05, 0) is 30.2 Å². The number of rotatable bonds is 11. The summed E-state index contributed by atoms with van der Waals surface area (Å²) in [5, 5.41) is 3.64. The maximum atomic E-state index is 12.3. The predicted octanol–water partition coefficient (Wildman–Crippen LogP) is 5.56. The number of imidazole rings is 1. The van der Waals surface area contributed by atoms with Gasteiger partial charge < -0.3 is 9.88 Å². The molecule has 1 N–H and O–H groups in total.